The monoisotopic (exact) mass is 1910 g/mol. The summed E-state index contributed by atoms with van der Waals surface area (Å²) < 4.78 is 32.5. The number of nitrogens with zero attached hydrogens (tertiary/aromatic N) is 8. The van der Waals surface area contributed by atoms with Crippen molar-refractivity contribution in [3.05, 3.63) is 265 Å². The summed E-state index contributed by atoms with van der Waals surface area (Å²) in [5, 5.41) is 59.3. The van der Waals surface area contributed by atoms with Crippen LogP contribution in [0.25, 0.3) is 33.2 Å². The fraction of sp³-hybridized carbons (Fsp3) is 0.400. The number of methoxy groups -OCH3 is 4. The number of rotatable bonds is 24. The summed E-state index contributed by atoms with van der Waals surface area (Å²) in [6, 6.07) is 5.81. The normalized spacial score (nSPS) is 22.6. The number of aromatic amines is 2. The van der Waals surface area contributed by atoms with Crippen molar-refractivity contribution >= 4 is 115 Å². The molecule has 3 fully saturated rings. The Balaban J connectivity index is 0.000000160. The zero-order chi connectivity index (χ0) is 102. The smallest absolute Gasteiger partial charge is 0.338 e. The van der Waals surface area contributed by atoms with Crippen molar-refractivity contribution in [2.75, 3.05) is 41.7 Å². The highest BCUT2D eigenvalue weighted by atomic mass is 16.5. The number of Topliss-reactive ketones (excluding diaryl/α,β-unsaturated/α-hetero) is 1. The second-order valence-electron chi connectivity index (χ2n) is 37.2. The van der Waals surface area contributed by atoms with E-state index in [0.717, 1.165) is 141 Å². The molecule has 2 saturated heterocycles. The largest absolute Gasteiger partial charge is 0.515 e. The van der Waals surface area contributed by atoms with Crippen LogP contribution in [0.4, 0.5) is 0 Å². The van der Waals surface area contributed by atoms with Gasteiger partial charge in [-0.2, -0.15) is 0 Å². The standard InChI is InChI=1S/C38H44N4O6.C36H42N4O7.C36H36N4O6/c1-10-22-17(3)24-16-29-31(21(7)48-11-2)19(5)26(40-29)14-25-18(4)23(12-13-30(43)46-8)35(41-25)33-34(38(45)47-9)37(44)32-20(6)27(42-36(32)33)15-28(22)39-24;1-8-21-16(3)24-15-29-32(20(7)47-9-2)18(5)26(38-29)13-25-17(4)22(10-11-30(41)42)34(39-25)23(12-31(43)44)35-33(36(45)46)19(6)27(40-35)14-28(21)37-24;1-8-19-16(3)23-12-24-17(4)21(10-11-29(42)45-6)33(39-24)31-32(36(44)46-7)35(43)30-18(5)25(40-34(30)31)13-27-20(9-2)22(15-41)28(38-27)14-26(19)37-23/h14-16,18,21,23,34,41,44H,10-13H2,1-9H3;13-15,17,20,22,37-38H,8-12H2,1-7H3,(H,41,42)(H,43,44)(H,45,46);8,12-15,17,21,32,39,41H,1,9-11H2,2-7H3/t18-,21?,23-,34?;17-,20?,22-;17-,21-,32?/m000/s1. The molecule has 0 radical (unpaired) electrons. The van der Waals surface area contributed by atoms with Gasteiger partial charge in [-0.1, -0.05) is 54.2 Å². The third kappa shape index (κ3) is 18.2. The van der Waals surface area contributed by atoms with Crippen molar-refractivity contribution in [3.8, 4) is 0 Å². The summed E-state index contributed by atoms with van der Waals surface area (Å²) in [5.41, 5.74) is 31.0. The number of allylic oxidation sites excluding steroid dienone is 22. The molecule has 31 heteroatoms. The molecule has 141 heavy (non-hydrogen) atoms. The highest BCUT2D eigenvalue weighted by Crippen LogP contribution is 2.53. The Bertz CT molecular complexity index is 7050. The average Bonchev–Trinajstić information content (AvgIpc) is 1.56. The molecule has 3 aromatic rings. The number of aliphatic hydroxyl groups excluding tert-OH is 2. The van der Waals surface area contributed by atoms with Crippen LogP contribution in [0.1, 0.15) is 231 Å². The second kappa shape index (κ2) is 40.8. The van der Waals surface area contributed by atoms with E-state index < -0.39 is 54.0 Å². The Morgan fingerprint density at radius 1 is 0.511 bits per heavy atom. The lowest BCUT2D eigenvalue weighted by atomic mass is 9.84. The Morgan fingerprint density at radius 2 is 1.07 bits per heavy atom. The first kappa shape index (κ1) is 101. The third-order valence-electron chi connectivity index (χ3n) is 29.6. The second-order valence-corrected chi connectivity index (χ2v) is 37.2. The predicted molar refractivity (Wildman–Crippen MR) is 539 cm³/mol. The third-order valence-corrected chi connectivity index (χ3v) is 29.6. The van der Waals surface area contributed by atoms with Crippen LogP contribution in [0.5, 0.6) is 0 Å². The van der Waals surface area contributed by atoms with Gasteiger partial charge in [-0.05, 0) is 238 Å². The van der Waals surface area contributed by atoms with Gasteiger partial charge in [0.05, 0.1) is 144 Å². The average molecular weight is 1920 g/mol. The Morgan fingerprint density at radius 3 is 1.65 bits per heavy atom. The number of carbonyl (C=O) groups excluding carboxylic acids is 5. The number of fused-ring (bicyclic) bond motifs is 18. The molecule has 0 spiro atoms. The SMILES string of the molecule is C=CC1=C(C)C2=NC1=CC1=NC(=C(CC)C1=CO)C=C1N=C3C(=C1C)C(=O)C(C(=O)OC)C3=C1NC(=C2)[C@@H](C)[C@@H]1CCC(=O)OC.CCOC(C)C1=C(C)C2=NC1=CC1=NC(=CC3=C(C)C4=C(O)C(C(=O)OC)C(=C5NC(=C2)[C@@H](C)[C@@H]5CCC(=O)OC)C4=N3)C(CC)=C1C.CCOC(C)c1c(C)c2cc3nc(c(CC(=O)O)c4nc(cc5[nH]c(cc1[nH]2)c(C)c5CC)C(C)=C4C(=O)O)[C@@H](CCC(=O)O)[C@@H]3C. The summed E-state index contributed by atoms with van der Waals surface area (Å²) in [7, 11) is 5.31. The Labute approximate surface area is 818 Å². The van der Waals surface area contributed by atoms with Gasteiger partial charge >= 0.3 is 41.8 Å². The molecule has 31 nitrogen and oxygen atoms in total. The molecule has 0 amide bonds. The Hall–Kier alpha value is -14.5. The molecular weight excluding hydrogens is 1790 g/mol. The molecule has 9 N–H and O–H groups in total. The number of hydrogen-bond donors (Lipinski definition) is 9. The quantitative estimate of drug-likeness (QED) is 0.0174. The summed E-state index contributed by atoms with van der Waals surface area (Å²) >= 11 is 0. The van der Waals surface area contributed by atoms with Gasteiger partial charge in [0.15, 0.2) is 5.78 Å². The van der Waals surface area contributed by atoms with Crippen LogP contribution in [0.3, 0.4) is 0 Å². The maximum Gasteiger partial charge on any atom is 0.338 e. The number of nitrogens with one attached hydrogen (secondary N) is 4. The number of aliphatic carboxylic acids is 3. The fourth-order valence-corrected chi connectivity index (χ4v) is 21.9. The van der Waals surface area contributed by atoms with E-state index in [1.807, 2.05) is 126 Å². The van der Waals surface area contributed by atoms with E-state index in [1.54, 1.807) is 13.0 Å². The van der Waals surface area contributed by atoms with Gasteiger partial charge in [0.2, 0.25) is 0 Å². The van der Waals surface area contributed by atoms with E-state index in [4.69, 9.17) is 68.3 Å². The van der Waals surface area contributed by atoms with E-state index in [9.17, 15) is 63.9 Å². The van der Waals surface area contributed by atoms with E-state index in [0.29, 0.717) is 146 Å². The van der Waals surface area contributed by atoms with Crippen LogP contribution in [0.15, 0.2) is 244 Å². The van der Waals surface area contributed by atoms with Crippen molar-refractivity contribution in [2.45, 2.75) is 213 Å². The summed E-state index contributed by atoms with van der Waals surface area (Å²) in [5.74, 6) is -9.54. The number of H-pyrrole nitrogens is 2. The maximum absolute atomic E-state index is 14.1. The number of ether oxygens (including phenoxy) is 6. The van der Waals surface area contributed by atoms with E-state index in [1.165, 1.54) is 28.4 Å². The molecule has 4 unspecified atom stereocenters. The number of hydrogen-bond acceptors (Lipinski definition) is 26. The number of aliphatic hydroxyl groups is 2. The maximum atomic E-state index is 14.1. The lowest BCUT2D eigenvalue weighted by Gasteiger charge is -2.20. The topological polar surface area (TPSA) is 449 Å². The van der Waals surface area contributed by atoms with Gasteiger partial charge in [-0.25, -0.2) is 39.7 Å². The molecule has 0 aromatic carbocycles. The molecule has 17 rings (SSSR count). The number of aliphatic imine (C=N–C) groups is 6. The zero-order valence-corrected chi connectivity index (χ0v) is 83.8. The van der Waals surface area contributed by atoms with Crippen LogP contribution in [-0.2, 0) is 79.6 Å². The number of carbonyl (C=O) groups is 8. The van der Waals surface area contributed by atoms with Gasteiger partial charge in [0.1, 0.15) is 17.6 Å². The lowest BCUT2D eigenvalue weighted by Crippen LogP contribution is -2.26. The number of esters is 4. The highest BCUT2D eigenvalue weighted by Gasteiger charge is 2.54. The van der Waals surface area contributed by atoms with Crippen molar-refractivity contribution < 1.29 is 92.3 Å². The minimum absolute atomic E-state index is 0.0440. The summed E-state index contributed by atoms with van der Waals surface area (Å²) in [6.07, 6.45) is 16.9. The number of aromatic nitrogens is 4. The highest BCUT2D eigenvalue weighted by molar-refractivity contribution is 6.42. The molecule has 736 valence electrons. The fourth-order valence-electron chi connectivity index (χ4n) is 21.9. The van der Waals surface area contributed by atoms with E-state index in [-0.39, 0.29) is 108 Å². The first-order chi connectivity index (χ1) is 67.3. The molecule has 24 bridgehead atoms. The molecule has 15 heterocycles. The zero-order valence-electron chi connectivity index (χ0n) is 83.8. The van der Waals surface area contributed by atoms with Crippen LogP contribution in [-0.4, -0.2) is 175 Å². The summed E-state index contributed by atoms with van der Waals surface area (Å²) in [4.78, 5) is 149. The van der Waals surface area contributed by atoms with Crippen molar-refractivity contribution in [2.24, 2.45) is 65.5 Å². The number of carboxylic acids is 3. The number of ketones is 1. The van der Waals surface area contributed by atoms with Gasteiger partial charge in [-0.3, -0.25) is 38.5 Å². The minimum Gasteiger partial charge on any atom is -0.515 e. The van der Waals surface area contributed by atoms with Crippen LogP contribution < -0.4 is 10.6 Å². The molecule has 12 aliphatic heterocycles. The van der Waals surface area contributed by atoms with E-state index >= 15 is 0 Å². The van der Waals surface area contributed by atoms with Gasteiger partial charge in [-0.15, -0.1) is 0 Å². The Kier molecular flexibility index (Phi) is 29.2. The van der Waals surface area contributed by atoms with Crippen molar-refractivity contribution in [1.29, 1.82) is 0 Å². The number of aryl methyl sites for hydroxylation is 3. The lowest BCUT2D eigenvalue weighted by molar-refractivity contribution is -0.147. The molecule has 1 saturated carbocycles. The van der Waals surface area contributed by atoms with Crippen LogP contribution in [0, 0.1) is 49.4 Å². The van der Waals surface area contributed by atoms with Crippen molar-refractivity contribution in [1.82, 2.24) is 30.6 Å². The van der Waals surface area contributed by atoms with Crippen LogP contribution in [0.2, 0.25) is 0 Å². The van der Waals surface area contributed by atoms with E-state index in [2.05, 4.69) is 73.9 Å². The van der Waals surface area contributed by atoms with Crippen LogP contribution >= 0.6 is 0 Å². The molecule has 2 aliphatic carbocycles. The van der Waals surface area contributed by atoms with Gasteiger partial charge < -0.3 is 74.6 Å². The predicted octanol–water partition coefficient (Wildman–Crippen LogP) is 18.8. The first-order valence-corrected chi connectivity index (χ1v) is 48.1. The molecule has 14 aliphatic rings. The minimum atomic E-state index is -1.23. The van der Waals surface area contributed by atoms with Gasteiger partial charge in [0.25, 0.3) is 0 Å². The molecule has 10 atom stereocenters. The first-order valence-electron chi connectivity index (χ1n) is 48.1. The molecule has 3 aromatic heterocycles. The molecular formula is C110H122N12O19. The van der Waals surface area contributed by atoms with Gasteiger partial charge in [0, 0.05) is 169 Å². The number of carboxylic acid groups (broad SMARTS) is 3. The summed E-state index contributed by atoms with van der Waals surface area (Å²) in [6.45, 7) is 40.9. The van der Waals surface area contributed by atoms with Crippen molar-refractivity contribution in [3.63, 3.8) is 0 Å².